The Morgan fingerprint density at radius 2 is 1.91 bits per heavy atom. The van der Waals surface area contributed by atoms with Crippen LogP contribution >= 0.6 is 0 Å². The van der Waals surface area contributed by atoms with E-state index in [-0.39, 0.29) is 30.4 Å². The molecular weight excluding hydrogens is 443 g/mol. The summed E-state index contributed by atoms with van der Waals surface area (Å²) in [5.41, 5.74) is 2.69. The lowest BCUT2D eigenvalue weighted by Gasteiger charge is -2.28. The van der Waals surface area contributed by atoms with E-state index in [0.29, 0.717) is 29.8 Å². The van der Waals surface area contributed by atoms with Crippen molar-refractivity contribution in [1.82, 2.24) is 9.97 Å². The molecule has 0 unspecified atom stereocenters. The first-order valence-electron chi connectivity index (χ1n) is 11.3. The number of aliphatic hydroxyl groups excluding tert-OH is 1. The molecular formula is C24H23FN4O5. The Kier molecular flexibility index (Phi) is 5.34. The summed E-state index contributed by atoms with van der Waals surface area (Å²) < 4.78 is 37.6. The number of nitrogens with zero attached hydrogens (tertiary/aromatic N) is 3. The average molecular weight is 466 g/mol. The lowest BCUT2D eigenvalue weighted by Crippen LogP contribution is -2.36. The molecule has 2 aromatic heterocycles. The fraction of sp³-hybridized carbons (Fsp3) is 0.417. The molecule has 10 heteroatoms. The number of fused-ring (bicyclic) bond motifs is 2. The Bertz CT molecular complexity index is 1250. The third-order valence-electron chi connectivity index (χ3n) is 6.57. The van der Waals surface area contributed by atoms with Gasteiger partial charge in [0.25, 0.3) is 0 Å². The molecule has 0 aliphatic carbocycles. The minimum Gasteiger partial charge on any atom is -0.469 e. The molecule has 2 N–H and O–H groups in total. The number of hydrogen-bond donors (Lipinski definition) is 2. The van der Waals surface area contributed by atoms with E-state index in [1.165, 1.54) is 6.07 Å². The summed E-state index contributed by atoms with van der Waals surface area (Å²) in [5.74, 6) is -0.320. The standard InChI is InChI=1S/C24H23FN4O5/c25-16-9-17-21(28-20(16)13-1-3-14(4-2-13)29-5-7-31-8-6-29)15(10-26)24(27-17)34-19-12-33-22-18(30)11-32-23(19)22/h1-4,9,18-19,22-23,27,30H,5-8,11-12H2/t18-,19-,22-,23-/m1/s1. The highest BCUT2D eigenvalue weighted by Gasteiger charge is 2.48. The highest BCUT2D eigenvalue weighted by molar-refractivity contribution is 5.87. The van der Waals surface area contributed by atoms with E-state index in [9.17, 15) is 10.4 Å². The zero-order valence-electron chi connectivity index (χ0n) is 18.2. The second kappa shape index (κ2) is 8.52. The molecule has 3 aliphatic rings. The third kappa shape index (κ3) is 3.58. The zero-order valence-corrected chi connectivity index (χ0v) is 18.2. The van der Waals surface area contributed by atoms with Gasteiger partial charge in [-0.1, -0.05) is 12.1 Å². The summed E-state index contributed by atoms with van der Waals surface area (Å²) in [6.07, 6.45) is -2.09. The summed E-state index contributed by atoms with van der Waals surface area (Å²) in [5, 5.41) is 19.8. The Morgan fingerprint density at radius 3 is 2.68 bits per heavy atom. The maximum Gasteiger partial charge on any atom is 0.212 e. The first kappa shape index (κ1) is 21.3. The molecule has 0 radical (unpaired) electrons. The van der Waals surface area contributed by atoms with Gasteiger partial charge < -0.3 is 33.9 Å². The summed E-state index contributed by atoms with van der Waals surface area (Å²) in [7, 11) is 0. The van der Waals surface area contributed by atoms with Crippen LogP contribution in [0.4, 0.5) is 10.1 Å². The van der Waals surface area contributed by atoms with E-state index in [2.05, 4.69) is 20.9 Å². The molecule has 6 rings (SSSR count). The minimum absolute atomic E-state index is 0.162. The van der Waals surface area contributed by atoms with Crippen LogP contribution in [0.25, 0.3) is 22.3 Å². The van der Waals surface area contributed by atoms with Crippen LogP contribution in [0.15, 0.2) is 30.3 Å². The molecule has 3 fully saturated rings. The van der Waals surface area contributed by atoms with E-state index in [0.717, 1.165) is 18.8 Å². The highest BCUT2D eigenvalue weighted by Crippen LogP contribution is 2.35. The second-order valence-electron chi connectivity index (χ2n) is 8.62. The van der Waals surface area contributed by atoms with Crippen molar-refractivity contribution in [1.29, 1.82) is 5.26 Å². The van der Waals surface area contributed by atoms with Crippen molar-refractivity contribution in [3.8, 4) is 23.2 Å². The summed E-state index contributed by atoms with van der Waals surface area (Å²) >= 11 is 0. The predicted molar refractivity (Wildman–Crippen MR) is 119 cm³/mol. The molecule has 0 bridgehead atoms. The maximum absolute atomic E-state index is 15.0. The van der Waals surface area contributed by atoms with Crippen molar-refractivity contribution in [2.75, 3.05) is 44.4 Å². The normalized spacial score (nSPS) is 26.6. The molecule has 3 aromatic rings. The molecule has 1 aromatic carbocycles. The van der Waals surface area contributed by atoms with Gasteiger partial charge in [0, 0.05) is 30.4 Å². The first-order chi connectivity index (χ1) is 16.6. The van der Waals surface area contributed by atoms with Crippen LogP contribution in [0.5, 0.6) is 5.88 Å². The largest absolute Gasteiger partial charge is 0.469 e. The number of H-pyrrole nitrogens is 1. The van der Waals surface area contributed by atoms with Crippen molar-refractivity contribution in [3.05, 3.63) is 41.7 Å². The van der Waals surface area contributed by atoms with Crippen molar-refractivity contribution in [2.45, 2.75) is 24.4 Å². The fourth-order valence-corrected chi connectivity index (χ4v) is 4.81. The number of aromatic amines is 1. The number of nitrogens with one attached hydrogen (secondary N) is 1. The fourth-order valence-electron chi connectivity index (χ4n) is 4.81. The number of aromatic nitrogens is 2. The number of aliphatic hydroxyl groups is 1. The number of pyridine rings is 1. The number of morpholine rings is 1. The molecule has 3 saturated heterocycles. The molecule has 176 valence electrons. The number of rotatable bonds is 4. The second-order valence-corrected chi connectivity index (χ2v) is 8.62. The number of hydrogen-bond acceptors (Lipinski definition) is 8. The lowest BCUT2D eigenvalue weighted by molar-refractivity contribution is 0.00789. The Balaban J connectivity index is 1.30. The molecule has 3 aliphatic heterocycles. The Labute approximate surface area is 194 Å². The lowest BCUT2D eigenvalue weighted by atomic mass is 10.1. The average Bonchev–Trinajstić information content (AvgIpc) is 3.54. The topological polar surface area (TPSA) is 113 Å². The van der Waals surface area contributed by atoms with Gasteiger partial charge in [-0.15, -0.1) is 0 Å². The van der Waals surface area contributed by atoms with E-state index >= 15 is 4.39 Å². The van der Waals surface area contributed by atoms with Crippen LogP contribution in [0.1, 0.15) is 5.56 Å². The van der Waals surface area contributed by atoms with Crippen LogP contribution in [-0.2, 0) is 14.2 Å². The van der Waals surface area contributed by atoms with Crippen molar-refractivity contribution in [3.63, 3.8) is 0 Å². The van der Waals surface area contributed by atoms with Gasteiger partial charge in [0.2, 0.25) is 5.88 Å². The van der Waals surface area contributed by atoms with E-state index in [4.69, 9.17) is 18.9 Å². The van der Waals surface area contributed by atoms with E-state index in [1.807, 2.05) is 24.3 Å². The maximum atomic E-state index is 15.0. The monoisotopic (exact) mass is 466 g/mol. The Hall–Kier alpha value is -3.23. The molecule has 4 atom stereocenters. The molecule has 9 nitrogen and oxygen atoms in total. The molecule has 34 heavy (non-hydrogen) atoms. The van der Waals surface area contributed by atoms with E-state index < -0.39 is 30.2 Å². The van der Waals surface area contributed by atoms with Crippen LogP contribution < -0.4 is 9.64 Å². The van der Waals surface area contributed by atoms with E-state index in [1.54, 1.807) is 0 Å². The summed E-state index contributed by atoms with van der Waals surface area (Å²) in [6.45, 7) is 3.39. The van der Waals surface area contributed by atoms with Gasteiger partial charge in [0.15, 0.2) is 11.9 Å². The van der Waals surface area contributed by atoms with Crippen LogP contribution in [-0.4, -0.2) is 79.0 Å². The van der Waals surface area contributed by atoms with Gasteiger partial charge in [-0.2, -0.15) is 5.26 Å². The van der Waals surface area contributed by atoms with Crippen molar-refractivity contribution < 1.29 is 28.4 Å². The highest BCUT2D eigenvalue weighted by atomic mass is 19.1. The Morgan fingerprint density at radius 1 is 1.15 bits per heavy atom. The summed E-state index contributed by atoms with van der Waals surface area (Å²) in [6, 6.07) is 11.0. The molecule has 5 heterocycles. The predicted octanol–water partition coefficient (Wildman–Crippen LogP) is 1.98. The van der Waals surface area contributed by atoms with Gasteiger partial charge >= 0.3 is 0 Å². The van der Waals surface area contributed by atoms with Crippen LogP contribution in [0, 0.1) is 17.1 Å². The smallest absolute Gasteiger partial charge is 0.212 e. The number of halogens is 1. The van der Waals surface area contributed by atoms with Gasteiger partial charge in [-0.25, -0.2) is 9.37 Å². The SMILES string of the molecule is N#Cc1c(O[C@@H]2CO[C@H]3[C@@H]2OC[C@H]3O)[nH]c2cc(F)c(-c3ccc(N4CCOCC4)cc3)nc12. The van der Waals surface area contributed by atoms with Crippen molar-refractivity contribution >= 4 is 16.7 Å². The van der Waals surface area contributed by atoms with Gasteiger partial charge in [0.05, 0.1) is 31.9 Å². The van der Waals surface area contributed by atoms with Gasteiger partial charge in [0.1, 0.15) is 41.2 Å². The quantitative estimate of drug-likeness (QED) is 0.600. The third-order valence-corrected chi connectivity index (χ3v) is 6.57. The number of anilines is 1. The molecule has 0 amide bonds. The molecule has 0 spiro atoms. The minimum atomic E-state index is -0.704. The first-order valence-corrected chi connectivity index (χ1v) is 11.3. The zero-order chi connectivity index (χ0) is 23.2. The number of nitriles is 1. The van der Waals surface area contributed by atoms with Gasteiger partial charge in [-0.05, 0) is 12.1 Å². The van der Waals surface area contributed by atoms with Crippen LogP contribution in [0.3, 0.4) is 0 Å². The van der Waals surface area contributed by atoms with Gasteiger partial charge in [-0.3, -0.25) is 0 Å². The van der Waals surface area contributed by atoms with Crippen LogP contribution in [0.2, 0.25) is 0 Å². The number of benzene rings is 1. The van der Waals surface area contributed by atoms with Crippen molar-refractivity contribution in [2.24, 2.45) is 0 Å². The molecule has 0 saturated carbocycles. The summed E-state index contributed by atoms with van der Waals surface area (Å²) in [4.78, 5) is 9.67. The number of ether oxygens (including phenoxy) is 4.